The summed E-state index contributed by atoms with van der Waals surface area (Å²) in [4.78, 5) is 11.6. The van der Waals surface area contributed by atoms with Crippen molar-refractivity contribution in [3.8, 4) is 0 Å². The van der Waals surface area contributed by atoms with Crippen LogP contribution < -0.4 is 5.32 Å². The number of hydrogen-bond acceptors (Lipinski definition) is 5. The van der Waals surface area contributed by atoms with Crippen LogP contribution in [0.25, 0.3) is 0 Å². The molecule has 0 spiro atoms. The fourth-order valence-corrected chi connectivity index (χ4v) is 1.50. The highest BCUT2D eigenvalue weighted by atomic mass is 16.5. The molecule has 0 aromatic heterocycles. The van der Waals surface area contributed by atoms with Gasteiger partial charge in [-0.05, 0) is 40.7 Å². The van der Waals surface area contributed by atoms with Gasteiger partial charge in [0, 0.05) is 6.61 Å². The highest BCUT2D eigenvalue weighted by Crippen LogP contribution is 2.05. The second kappa shape index (κ2) is 10.2. The molecule has 1 N–H and O–H groups in total. The molecule has 0 bridgehead atoms. The number of carbonyl (C=O) groups is 1. The normalized spacial score (nSPS) is 13.3. The molecule has 19 heavy (non-hydrogen) atoms. The van der Waals surface area contributed by atoms with Crippen molar-refractivity contribution in [2.45, 2.75) is 52.7 Å². The molecule has 5 nitrogen and oxygen atoms in total. The number of hydrogen-bond donors (Lipinski definition) is 1. The van der Waals surface area contributed by atoms with Gasteiger partial charge < -0.3 is 19.5 Å². The maximum Gasteiger partial charge on any atom is 0.323 e. The van der Waals surface area contributed by atoms with Gasteiger partial charge in [0.2, 0.25) is 0 Å². The van der Waals surface area contributed by atoms with Crippen LogP contribution in [0.3, 0.4) is 0 Å². The Hall–Kier alpha value is -0.650. The highest BCUT2D eigenvalue weighted by molar-refractivity contribution is 5.75. The first-order valence-corrected chi connectivity index (χ1v) is 7.02. The quantitative estimate of drug-likeness (QED) is 0.486. The predicted octanol–water partition coefficient (Wildman–Crippen LogP) is 1.75. The monoisotopic (exact) mass is 275 g/mol. The second-order valence-corrected chi connectivity index (χ2v) is 5.22. The number of carbonyl (C=O) groups excluding carboxylic acids is 1. The van der Waals surface area contributed by atoms with Crippen molar-refractivity contribution in [1.82, 2.24) is 5.32 Å². The molecule has 114 valence electrons. The van der Waals surface area contributed by atoms with Crippen LogP contribution in [0.1, 0.15) is 41.0 Å². The fourth-order valence-electron chi connectivity index (χ4n) is 1.50. The van der Waals surface area contributed by atoms with Gasteiger partial charge in [-0.25, -0.2) is 0 Å². The molecule has 0 saturated carbocycles. The van der Waals surface area contributed by atoms with Crippen LogP contribution in [-0.4, -0.2) is 50.6 Å². The van der Waals surface area contributed by atoms with Crippen molar-refractivity contribution < 1.29 is 19.0 Å². The molecule has 0 saturated heterocycles. The molecule has 0 heterocycles. The summed E-state index contributed by atoms with van der Waals surface area (Å²) in [7, 11) is 0. The van der Waals surface area contributed by atoms with Crippen molar-refractivity contribution in [2.75, 3.05) is 33.0 Å². The van der Waals surface area contributed by atoms with E-state index in [2.05, 4.69) is 5.32 Å². The number of nitrogens with one attached hydrogen (secondary N) is 1. The van der Waals surface area contributed by atoms with Gasteiger partial charge in [0.1, 0.15) is 6.04 Å². The zero-order valence-electron chi connectivity index (χ0n) is 13.0. The number of likely N-dealkylation sites (N-methyl/N-ethyl adjacent to an activating group) is 1. The molecule has 0 fully saturated rings. The number of esters is 1. The van der Waals surface area contributed by atoms with Gasteiger partial charge in [-0.15, -0.1) is 0 Å². The van der Waals surface area contributed by atoms with Crippen LogP contribution in [0.2, 0.25) is 0 Å². The molecule has 1 atom stereocenters. The average Bonchev–Trinajstić information content (AvgIpc) is 2.31. The van der Waals surface area contributed by atoms with Crippen LogP contribution in [0.4, 0.5) is 0 Å². The molecule has 0 aliphatic heterocycles. The summed E-state index contributed by atoms with van der Waals surface area (Å²) in [5, 5.41) is 3.10. The van der Waals surface area contributed by atoms with Crippen molar-refractivity contribution in [1.29, 1.82) is 0 Å². The molecule has 5 heteroatoms. The van der Waals surface area contributed by atoms with Gasteiger partial charge >= 0.3 is 5.97 Å². The summed E-state index contributed by atoms with van der Waals surface area (Å²) < 4.78 is 16.0. The Morgan fingerprint density at radius 1 is 1.16 bits per heavy atom. The molecule has 0 aromatic carbocycles. The number of rotatable bonds is 10. The van der Waals surface area contributed by atoms with Crippen LogP contribution >= 0.6 is 0 Å². The summed E-state index contributed by atoms with van der Waals surface area (Å²) in [6, 6.07) is -0.284. The summed E-state index contributed by atoms with van der Waals surface area (Å²) in [6.07, 6.45) is 0.613. The van der Waals surface area contributed by atoms with Gasteiger partial charge in [0.05, 0.1) is 25.4 Å². The minimum Gasteiger partial charge on any atom is -0.465 e. The van der Waals surface area contributed by atoms with Crippen LogP contribution in [0, 0.1) is 0 Å². The first kappa shape index (κ1) is 18.4. The van der Waals surface area contributed by atoms with Gasteiger partial charge in [0.25, 0.3) is 0 Å². The molecule has 1 unspecified atom stereocenters. The average molecular weight is 275 g/mol. The Bertz CT molecular complexity index is 238. The Labute approximate surface area is 117 Å². The Morgan fingerprint density at radius 2 is 1.84 bits per heavy atom. The molecular weight excluding hydrogens is 246 g/mol. The predicted molar refractivity (Wildman–Crippen MR) is 75.2 cm³/mol. The van der Waals surface area contributed by atoms with E-state index >= 15 is 0 Å². The number of ether oxygens (including phenoxy) is 3. The molecule has 0 aliphatic carbocycles. The topological polar surface area (TPSA) is 56.8 Å². The third kappa shape index (κ3) is 10.9. The maximum atomic E-state index is 11.6. The summed E-state index contributed by atoms with van der Waals surface area (Å²) in [5.41, 5.74) is -0.138. The zero-order chi connectivity index (χ0) is 14.7. The molecule has 0 radical (unpaired) electrons. The Kier molecular flexibility index (Phi) is 9.83. The fraction of sp³-hybridized carbons (Fsp3) is 0.929. The van der Waals surface area contributed by atoms with Crippen LogP contribution in [0.15, 0.2) is 0 Å². The lowest BCUT2D eigenvalue weighted by molar-refractivity contribution is -0.146. The molecule has 0 aliphatic rings. The van der Waals surface area contributed by atoms with E-state index in [9.17, 15) is 4.79 Å². The van der Waals surface area contributed by atoms with E-state index < -0.39 is 0 Å². The largest absolute Gasteiger partial charge is 0.465 e. The minimum atomic E-state index is -0.284. The van der Waals surface area contributed by atoms with Crippen LogP contribution in [-0.2, 0) is 19.0 Å². The van der Waals surface area contributed by atoms with Crippen molar-refractivity contribution in [3.05, 3.63) is 0 Å². The first-order valence-electron chi connectivity index (χ1n) is 7.02. The van der Waals surface area contributed by atoms with E-state index in [1.807, 2.05) is 27.7 Å². The van der Waals surface area contributed by atoms with Crippen LogP contribution in [0.5, 0.6) is 0 Å². The lowest BCUT2D eigenvalue weighted by atomic mass is 10.2. The lowest BCUT2D eigenvalue weighted by Gasteiger charge is -2.20. The maximum absolute atomic E-state index is 11.6. The molecule has 0 amide bonds. The minimum absolute atomic E-state index is 0.138. The Balaban J connectivity index is 3.72. The van der Waals surface area contributed by atoms with Gasteiger partial charge in [0.15, 0.2) is 0 Å². The zero-order valence-corrected chi connectivity index (χ0v) is 13.0. The Morgan fingerprint density at radius 3 is 2.37 bits per heavy atom. The van der Waals surface area contributed by atoms with Gasteiger partial charge in [-0.1, -0.05) is 6.92 Å². The summed E-state index contributed by atoms with van der Waals surface area (Å²) >= 11 is 0. The highest BCUT2D eigenvalue weighted by Gasteiger charge is 2.18. The van der Waals surface area contributed by atoms with Crippen molar-refractivity contribution in [2.24, 2.45) is 0 Å². The smallest absolute Gasteiger partial charge is 0.323 e. The second-order valence-electron chi connectivity index (χ2n) is 5.22. The SMILES string of the molecule is CCNC(CCOCCOC(C)(C)C)C(=O)OCC. The van der Waals surface area contributed by atoms with E-state index in [0.717, 1.165) is 6.54 Å². The van der Waals surface area contributed by atoms with E-state index in [-0.39, 0.29) is 17.6 Å². The summed E-state index contributed by atoms with van der Waals surface area (Å²) in [6.45, 7) is 12.6. The van der Waals surface area contributed by atoms with E-state index in [1.54, 1.807) is 6.92 Å². The van der Waals surface area contributed by atoms with E-state index in [1.165, 1.54) is 0 Å². The standard InChI is InChI=1S/C14H29NO4/c1-6-15-12(13(16)18-7-2)8-9-17-10-11-19-14(3,4)5/h12,15H,6-11H2,1-5H3. The lowest BCUT2D eigenvalue weighted by Crippen LogP contribution is -2.39. The molecule has 0 aromatic rings. The molecular formula is C14H29NO4. The first-order chi connectivity index (χ1) is 8.90. The van der Waals surface area contributed by atoms with Gasteiger partial charge in [-0.2, -0.15) is 0 Å². The van der Waals surface area contributed by atoms with E-state index in [4.69, 9.17) is 14.2 Å². The summed E-state index contributed by atoms with van der Waals surface area (Å²) in [5.74, 6) is -0.209. The van der Waals surface area contributed by atoms with Gasteiger partial charge in [-0.3, -0.25) is 4.79 Å². The third-order valence-corrected chi connectivity index (χ3v) is 2.34. The van der Waals surface area contributed by atoms with E-state index in [0.29, 0.717) is 32.8 Å². The molecule has 0 rings (SSSR count). The third-order valence-electron chi connectivity index (χ3n) is 2.34. The van der Waals surface area contributed by atoms with Crippen molar-refractivity contribution in [3.63, 3.8) is 0 Å². The van der Waals surface area contributed by atoms with Crippen molar-refractivity contribution >= 4 is 5.97 Å².